The lowest BCUT2D eigenvalue weighted by atomic mass is 10.1. The molecule has 0 aromatic heterocycles. The molecule has 0 atom stereocenters. The second-order valence-electron chi connectivity index (χ2n) is 3.89. The van der Waals surface area contributed by atoms with E-state index in [-0.39, 0.29) is 5.56 Å². The molecular weight excluding hydrogens is 273 g/mol. The standard InChI is InChI=1S/C15H10FN3S/c1-20-15-7-3-6-14(11(15)9-18)19-13-5-2-4-12(16)10(13)8-17/h2-7,19H,1H3. The molecule has 20 heavy (non-hydrogen) atoms. The van der Waals surface area contributed by atoms with Crippen molar-refractivity contribution in [2.45, 2.75) is 4.90 Å². The van der Waals surface area contributed by atoms with Gasteiger partial charge in [-0.1, -0.05) is 12.1 Å². The van der Waals surface area contributed by atoms with E-state index in [1.807, 2.05) is 18.4 Å². The molecule has 0 aliphatic carbocycles. The van der Waals surface area contributed by atoms with E-state index in [0.29, 0.717) is 16.9 Å². The Labute approximate surface area is 120 Å². The molecule has 3 nitrogen and oxygen atoms in total. The van der Waals surface area contributed by atoms with Gasteiger partial charge in [-0.3, -0.25) is 0 Å². The summed E-state index contributed by atoms with van der Waals surface area (Å²) in [4.78, 5) is 0.826. The fraction of sp³-hybridized carbons (Fsp3) is 0.0667. The number of nitrogens with zero attached hydrogens (tertiary/aromatic N) is 2. The number of halogens is 1. The van der Waals surface area contributed by atoms with Crippen LogP contribution >= 0.6 is 11.8 Å². The number of anilines is 2. The minimum atomic E-state index is -0.586. The molecule has 0 amide bonds. The van der Waals surface area contributed by atoms with E-state index >= 15 is 0 Å². The zero-order chi connectivity index (χ0) is 14.5. The normalized spacial score (nSPS) is 9.60. The summed E-state index contributed by atoms with van der Waals surface area (Å²) in [6, 6.07) is 13.7. The lowest BCUT2D eigenvalue weighted by Crippen LogP contribution is -1.98. The summed E-state index contributed by atoms with van der Waals surface area (Å²) >= 11 is 1.46. The van der Waals surface area contributed by atoms with Crippen LogP contribution in [0.3, 0.4) is 0 Å². The van der Waals surface area contributed by atoms with Gasteiger partial charge in [0.05, 0.1) is 16.9 Å². The Morgan fingerprint density at radius 3 is 2.20 bits per heavy atom. The lowest BCUT2D eigenvalue weighted by molar-refractivity contribution is 0.624. The summed E-state index contributed by atoms with van der Waals surface area (Å²) < 4.78 is 13.5. The van der Waals surface area contributed by atoms with Crippen LogP contribution in [0.2, 0.25) is 0 Å². The highest BCUT2D eigenvalue weighted by Crippen LogP contribution is 2.30. The van der Waals surface area contributed by atoms with E-state index in [4.69, 9.17) is 5.26 Å². The maximum Gasteiger partial charge on any atom is 0.143 e. The number of benzene rings is 2. The number of nitriles is 2. The zero-order valence-corrected chi connectivity index (χ0v) is 11.5. The van der Waals surface area contributed by atoms with Crippen LogP contribution in [0.15, 0.2) is 41.3 Å². The van der Waals surface area contributed by atoms with Crippen LogP contribution in [0.25, 0.3) is 0 Å². The first-order chi connectivity index (χ1) is 9.71. The number of hydrogen-bond donors (Lipinski definition) is 1. The Morgan fingerprint density at radius 1 is 1.00 bits per heavy atom. The molecule has 0 radical (unpaired) electrons. The molecule has 0 saturated carbocycles. The Kier molecular flexibility index (Phi) is 4.24. The topological polar surface area (TPSA) is 59.6 Å². The van der Waals surface area contributed by atoms with Crippen LogP contribution in [-0.2, 0) is 0 Å². The first kappa shape index (κ1) is 13.9. The molecule has 2 aromatic rings. The molecule has 1 N–H and O–H groups in total. The first-order valence-electron chi connectivity index (χ1n) is 5.74. The average Bonchev–Trinajstić information content (AvgIpc) is 2.47. The van der Waals surface area contributed by atoms with Crippen LogP contribution in [-0.4, -0.2) is 6.26 Å². The van der Waals surface area contributed by atoms with E-state index in [9.17, 15) is 9.65 Å². The molecule has 98 valence electrons. The Morgan fingerprint density at radius 2 is 1.60 bits per heavy atom. The van der Waals surface area contributed by atoms with Gasteiger partial charge in [0.2, 0.25) is 0 Å². The highest BCUT2D eigenvalue weighted by atomic mass is 32.2. The highest BCUT2D eigenvalue weighted by Gasteiger charge is 2.11. The number of thioether (sulfide) groups is 1. The van der Waals surface area contributed by atoms with E-state index in [0.717, 1.165) is 4.90 Å². The van der Waals surface area contributed by atoms with Crippen molar-refractivity contribution in [3.63, 3.8) is 0 Å². The Bertz CT molecular complexity index is 729. The maximum absolute atomic E-state index is 13.5. The summed E-state index contributed by atoms with van der Waals surface area (Å²) in [7, 11) is 0. The van der Waals surface area contributed by atoms with Crippen molar-refractivity contribution in [3.8, 4) is 12.1 Å². The van der Waals surface area contributed by atoms with Crippen LogP contribution in [0.1, 0.15) is 11.1 Å². The van der Waals surface area contributed by atoms with Crippen molar-refractivity contribution in [2.24, 2.45) is 0 Å². The molecule has 0 spiro atoms. The summed E-state index contributed by atoms with van der Waals surface area (Å²) in [6.07, 6.45) is 1.88. The van der Waals surface area contributed by atoms with Crippen molar-refractivity contribution in [3.05, 3.63) is 53.3 Å². The molecule has 0 aliphatic rings. The molecule has 2 rings (SSSR count). The predicted molar refractivity (Wildman–Crippen MR) is 77.3 cm³/mol. The van der Waals surface area contributed by atoms with E-state index in [2.05, 4.69) is 11.4 Å². The van der Waals surface area contributed by atoms with Crippen molar-refractivity contribution < 1.29 is 4.39 Å². The van der Waals surface area contributed by atoms with Gasteiger partial charge in [0.15, 0.2) is 0 Å². The van der Waals surface area contributed by atoms with E-state index in [1.54, 1.807) is 18.2 Å². The molecular formula is C15H10FN3S. The summed E-state index contributed by atoms with van der Waals surface area (Å²) in [5.74, 6) is -0.586. The van der Waals surface area contributed by atoms with Crippen molar-refractivity contribution in [1.82, 2.24) is 0 Å². The lowest BCUT2D eigenvalue weighted by Gasteiger charge is -2.12. The van der Waals surface area contributed by atoms with Gasteiger partial charge < -0.3 is 5.32 Å². The monoisotopic (exact) mass is 283 g/mol. The highest BCUT2D eigenvalue weighted by molar-refractivity contribution is 7.98. The fourth-order valence-corrected chi connectivity index (χ4v) is 2.38. The quantitative estimate of drug-likeness (QED) is 0.864. The number of rotatable bonds is 3. The van der Waals surface area contributed by atoms with Crippen molar-refractivity contribution in [2.75, 3.05) is 11.6 Å². The fourth-order valence-electron chi connectivity index (χ4n) is 1.81. The predicted octanol–water partition coefficient (Wildman–Crippen LogP) is 4.03. The zero-order valence-electron chi connectivity index (χ0n) is 10.6. The summed E-state index contributed by atoms with van der Waals surface area (Å²) in [5, 5.41) is 21.2. The van der Waals surface area contributed by atoms with Crippen molar-refractivity contribution in [1.29, 1.82) is 10.5 Å². The van der Waals surface area contributed by atoms with Gasteiger partial charge in [0.1, 0.15) is 23.5 Å². The number of hydrogen-bond acceptors (Lipinski definition) is 4. The molecule has 0 saturated heterocycles. The van der Waals surface area contributed by atoms with E-state index < -0.39 is 5.82 Å². The summed E-state index contributed by atoms with van der Waals surface area (Å²) in [5.41, 5.74) is 1.32. The molecule has 5 heteroatoms. The number of nitrogens with one attached hydrogen (secondary N) is 1. The van der Waals surface area contributed by atoms with Gasteiger partial charge in [-0.15, -0.1) is 11.8 Å². The molecule has 0 bridgehead atoms. The molecule has 0 aliphatic heterocycles. The van der Waals surface area contributed by atoms with Gasteiger partial charge in [0.25, 0.3) is 0 Å². The Hall–Kier alpha value is -2.50. The SMILES string of the molecule is CSc1cccc(Nc2cccc(F)c2C#N)c1C#N. The second-order valence-corrected chi connectivity index (χ2v) is 4.74. The summed E-state index contributed by atoms with van der Waals surface area (Å²) in [6.45, 7) is 0. The second kappa shape index (κ2) is 6.10. The first-order valence-corrected chi connectivity index (χ1v) is 6.96. The third-order valence-electron chi connectivity index (χ3n) is 2.75. The minimum absolute atomic E-state index is 0.0639. The average molecular weight is 283 g/mol. The van der Waals surface area contributed by atoms with Crippen LogP contribution in [0, 0.1) is 28.5 Å². The van der Waals surface area contributed by atoms with Gasteiger partial charge in [-0.2, -0.15) is 10.5 Å². The molecule has 0 fully saturated rings. The minimum Gasteiger partial charge on any atom is -0.353 e. The van der Waals surface area contributed by atoms with Gasteiger partial charge in [-0.25, -0.2) is 4.39 Å². The molecule has 2 aromatic carbocycles. The van der Waals surface area contributed by atoms with Crippen LogP contribution in [0.5, 0.6) is 0 Å². The van der Waals surface area contributed by atoms with Crippen LogP contribution in [0.4, 0.5) is 15.8 Å². The van der Waals surface area contributed by atoms with Gasteiger partial charge >= 0.3 is 0 Å². The van der Waals surface area contributed by atoms with Gasteiger partial charge in [-0.05, 0) is 30.5 Å². The van der Waals surface area contributed by atoms with Gasteiger partial charge in [0, 0.05) is 4.90 Å². The molecule has 0 heterocycles. The van der Waals surface area contributed by atoms with Crippen molar-refractivity contribution >= 4 is 23.1 Å². The third kappa shape index (κ3) is 2.59. The molecule has 0 unspecified atom stereocenters. The third-order valence-corrected chi connectivity index (χ3v) is 3.53. The van der Waals surface area contributed by atoms with Crippen LogP contribution < -0.4 is 5.32 Å². The maximum atomic E-state index is 13.5. The largest absolute Gasteiger partial charge is 0.353 e. The smallest absolute Gasteiger partial charge is 0.143 e. The Balaban J connectivity index is 2.50. The van der Waals surface area contributed by atoms with E-state index in [1.165, 1.54) is 23.9 Å².